The van der Waals surface area contributed by atoms with Crippen molar-refractivity contribution in [1.82, 2.24) is 10.3 Å². The molecule has 13 heavy (non-hydrogen) atoms. The molecular weight excluding hydrogens is 182 g/mol. The maximum atomic E-state index is 5.39. The average molecular weight is 199 g/mol. The van der Waals surface area contributed by atoms with Gasteiger partial charge in [-0.3, -0.25) is 4.98 Å². The van der Waals surface area contributed by atoms with Gasteiger partial charge in [-0.1, -0.05) is 6.42 Å². The molecule has 3 nitrogen and oxygen atoms in total. The lowest BCUT2D eigenvalue weighted by atomic mass is 10.2. The molecule has 1 aromatic rings. The SMILES string of the molecule is NCCCCCNCc1cncs1. The standard InChI is InChI=1S/C9H17N3S/c10-4-2-1-3-5-11-6-9-7-12-8-13-9/h7-8,11H,1-6,10H2. The molecule has 1 aromatic heterocycles. The number of unbranched alkanes of at least 4 members (excludes halogenated alkanes) is 2. The second-order valence-corrected chi connectivity index (χ2v) is 3.96. The van der Waals surface area contributed by atoms with Crippen LogP contribution in [0.2, 0.25) is 0 Å². The second-order valence-electron chi connectivity index (χ2n) is 2.99. The summed E-state index contributed by atoms with van der Waals surface area (Å²) in [5.74, 6) is 0. The third-order valence-electron chi connectivity index (χ3n) is 1.84. The molecule has 0 aromatic carbocycles. The van der Waals surface area contributed by atoms with Crippen molar-refractivity contribution in [3.8, 4) is 0 Å². The van der Waals surface area contributed by atoms with E-state index in [0.717, 1.165) is 26.1 Å². The van der Waals surface area contributed by atoms with E-state index in [9.17, 15) is 0 Å². The average Bonchev–Trinajstić information content (AvgIpc) is 2.63. The summed E-state index contributed by atoms with van der Waals surface area (Å²) >= 11 is 1.70. The van der Waals surface area contributed by atoms with E-state index < -0.39 is 0 Å². The predicted molar refractivity (Wildman–Crippen MR) is 56.7 cm³/mol. The highest BCUT2D eigenvalue weighted by molar-refractivity contribution is 7.09. The molecule has 74 valence electrons. The number of hydrogen-bond acceptors (Lipinski definition) is 4. The van der Waals surface area contributed by atoms with Crippen LogP contribution in [-0.2, 0) is 6.54 Å². The Bertz CT molecular complexity index is 199. The summed E-state index contributed by atoms with van der Waals surface area (Å²) in [6.45, 7) is 2.85. The minimum atomic E-state index is 0.814. The fourth-order valence-electron chi connectivity index (χ4n) is 1.11. The van der Waals surface area contributed by atoms with Crippen LogP contribution in [0.4, 0.5) is 0 Å². The monoisotopic (exact) mass is 199 g/mol. The quantitative estimate of drug-likeness (QED) is 0.652. The molecule has 0 saturated heterocycles. The molecule has 0 aliphatic heterocycles. The molecule has 0 bridgehead atoms. The highest BCUT2D eigenvalue weighted by atomic mass is 32.1. The Labute approximate surface area is 83.4 Å². The van der Waals surface area contributed by atoms with Crippen molar-refractivity contribution < 1.29 is 0 Å². The number of aromatic nitrogens is 1. The number of nitrogens with two attached hydrogens (primary N) is 1. The minimum Gasteiger partial charge on any atom is -0.330 e. The first-order chi connectivity index (χ1) is 6.43. The van der Waals surface area contributed by atoms with Crippen molar-refractivity contribution in [3.63, 3.8) is 0 Å². The van der Waals surface area contributed by atoms with Crippen LogP contribution in [0.25, 0.3) is 0 Å². The van der Waals surface area contributed by atoms with Gasteiger partial charge in [0.2, 0.25) is 0 Å². The van der Waals surface area contributed by atoms with Gasteiger partial charge in [-0.2, -0.15) is 0 Å². The number of hydrogen-bond donors (Lipinski definition) is 2. The summed E-state index contributed by atoms with van der Waals surface area (Å²) < 4.78 is 0. The van der Waals surface area contributed by atoms with Crippen LogP contribution < -0.4 is 11.1 Å². The second kappa shape index (κ2) is 7.00. The van der Waals surface area contributed by atoms with Crippen molar-refractivity contribution in [2.75, 3.05) is 13.1 Å². The van der Waals surface area contributed by atoms with E-state index >= 15 is 0 Å². The van der Waals surface area contributed by atoms with Crippen LogP contribution in [0, 0.1) is 0 Å². The molecule has 1 heterocycles. The van der Waals surface area contributed by atoms with Gasteiger partial charge in [-0.25, -0.2) is 0 Å². The van der Waals surface area contributed by atoms with Crippen LogP contribution in [0.5, 0.6) is 0 Å². The third-order valence-corrected chi connectivity index (χ3v) is 2.62. The van der Waals surface area contributed by atoms with Gasteiger partial charge in [0.25, 0.3) is 0 Å². The van der Waals surface area contributed by atoms with Crippen LogP contribution >= 0.6 is 11.3 Å². The van der Waals surface area contributed by atoms with Crippen LogP contribution in [0.1, 0.15) is 24.1 Å². The van der Waals surface area contributed by atoms with Crippen molar-refractivity contribution in [3.05, 3.63) is 16.6 Å². The van der Waals surface area contributed by atoms with E-state index in [1.165, 1.54) is 17.7 Å². The van der Waals surface area contributed by atoms with Crippen LogP contribution in [0.15, 0.2) is 11.7 Å². The Morgan fingerprint density at radius 1 is 1.38 bits per heavy atom. The summed E-state index contributed by atoms with van der Waals surface area (Å²) in [4.78, 5) is 5.32. The molecule has 0 aliphatic carbocycles. The lowest BCUT2D eigenvalue weighted by molar-refractivity contribution is 0.609. The smallest absolute Gasteiger partial charge is 0.0794 e. The Kier molecular flexibility index (Phi) is 5.73. The Morgan fingerprint density at radius 2 is 2.31 bits per heavy atom. The molecule has 0 fully saturated rings. The van der Waals surface area contributed by atoms with Crippen molar-refractivity contribution >= 4 is 11.3 Å². The Balaban J connectivity index is 1.90. The Hall–Kier alpha value is -0.450. The largest absolute Gasteiger partial charge is 0.330 e. The van der Waals surface area contributed by atoms with Gasteiger partial charge in [-0.15, -0.1) is 11.3 Å². The van der Waals surface area contributed by atoms with E-state index in [4.69, 9.17) is 5.73 Å². The molecule has 0 saturated carbocycles. The lowest BCUT2D eigenvalue weighted by Gasteiger charge is -2.01. The maximum absolute atomic E-state index is 5.39. The Morgan fingerprint density at radius 3 is 3.00 bits per heavy atom. The van der Waals surface area contributed by atoms with Crippen molar-refractivity contribution in [2.24, 2.45) is 5.73 Å². The maximum Gasteiger partial charge on any atom is 0.0794 e. The predicted octanol–water partition coefficient (Wildman–Crippen LogP) is 1.36. The molecule has 0 aliphatic rings. The van der Waals surface area contributed by atoms with Gasteiger partial charge < -0.3 is 11.1 Å². The van der Waals surface area contributed by atoms with Gasteiger partial charge in [0.1, 0.15) is 0 Å². The first kappa shape index (κ1) is 10.6. The van der Waals surface area contributed by atoms with E-state index in [1.807, 2.05) is 11.7 Å². The lowest BCUT2D eigenvalue weighted by Crippen LogP contribution is -2.14. The molecule has 4 heteroatoms. The molecule has 0 unspecified atom stereocenters. The topological polar surface area (TPSA) is 50.9 Å². The molecular formula is C9H17N3S. The molecule has 0 radical (unpaired) electrons. The normalized spacial score (nSPS) is 10.5. The highest BCUT2D eigenvalue weighted by Crippen LogP contribution is 2.04. The first-order valence-corrected chi connectivity index (χ1v) is 5.59. The van der Waals surface area contributed by atoms with Gasteiger partial charge in [-0.05, 0) is 25.9 Å². The minimum absolute atomic E-state index is 0.814. The van der Waals surface area contributed by atoms with Gasteiger partial charge in [0.15, 0.2) is 0 Å². The van der Waals surface area contributed by atoms with Crippen molar-refractivity contribution in [1.29, 1.82) is 0 Å². The zero-order chi connectivity index (χ0) is 9.36. The van der Waals surface area contributed by atoms with Crippen LogP contribution in [0.3, 0.4) is 0 Å². The van der Waals surface area contributed by atoms with Gasteiger partial charge in [0, 0.05) is 17.6 Å². The van der Waals surface area contributed by atoms with Gasteiger partial charge in [0.05, 0.1) is 5.51 Å². The summed E-state index contributed by atoms with van der Waals surface area (Å²) in [6, 6.07) is 0. The zero-order valence-electron chi connectivity index (χ0n) is 7.83. The molecule has 0 spiro atoms. The number of nitrogens with one attached hydrogen (secondary N) is 1. The van der Waals surface area contributed by atoms with E-state index in [2.05, 4.69) is 10.3 Å². The fourth-order valence-corrected chi connectivity index (χ4v) is 1.68. The number of nitrogens with zero attached hydrogens (tertiary/aromatic N) is 1. The molecule has 0 atom stereocenters. The van der Waals surface area contributed by atoms with E-state index in [0.29, 0.717) is 0 Å². The molecule has 0 amide bonds. The number of rotatable bonds is 7. The van der Waals surface area contributed by atoms with E-state index in [1.54, 1.807) is 11.3 Å². The van der Waals surface area contributed by atoms with Crippen molar-refractivity contribution in [2.45, 2.75) is 25.8 Å². The molecule has 3 N–H and O–H groups in total. The summed E-state index contributed by atoms with van der Waals surface area (Å²) in [5.41, 5.74) is 7.26. The van der Waals surface area contributed by atoms with E-state index in [-0.39, 0.29) is 0 Å². The number of thiazole rings is 1. The molecule has 1 rings (SSSR count). The summed E-state index contributed by atoms with van der Waals surface area (Å²) in [6.07, 6.45) is 5.50. The summed E-state index contributed by atoms with van der Waals surface area (Å²) in [5, 5.41) is 3.38. The fraction of sp³-hybridized carbons (Fsp3) is 0.667. The third kappa shape index (κ3) is 4.98. The van der Waals surface area contributed by atoms with Crippen LogP contribution in [-0.4, -0.2) is 18.1 Å². The first-order valence-electron chi connectivity index (χ1n) is 4.71. The van der Waals surface area contributed by atoms with Gasteiger partial charge >= 0.3 is 0 Å². The zero-order valence-corrected chi connectivity index (χ0v) is 8.65. The highest BCUT2D eigenvalue weighted by Gasteiger charge is 1.92. The summed E-state index contributed by atoms with van der Waals surface area (Å²) in [7, 11) is 0.